The van der Waals surface area contributed by atoms with E-state index in [1.54, 1.807) is 6.08 Å². The summed E-state index contributed by atoms with van der Waals surface area (Å²) in [4.78, 5) is 24.9. The lowest BCUT2D eigenvalue weighted by atomic mass is 10.1. The van der Waals surface area contributed by atoms with Gasteiger partial charge in [0.05, 0.1) is 6.42 Å². The van der Waals surface area contributed by atoms with Gasteiger partial charge < -0.3 is 10.0 Å². The minimum Gasteiger partial charge on any atom is -0.481 e. The van der Waals surface area contributed by atoms with Gasteiger partial charge in [0.2, 0.25) is 0 Å². The molecule has 0 spiro atoms. The molecule has 4 heteroatoms. The number of aliphatic carboxylic acids is 1. The average Bonchev–Trinajstić information content (AvgIpc) is 2.55. The van der Waals surface area contributed by atoms with Crippen molar-refractivity contribution >= 4 is 23.6 Å². The van der Waals surface area contributed by atoms with E-state index in [1.165, 1.54) is 11.0 Å². The smallest absolute Gasteiger partial charge is 0.305 e. The molecule has 1 amide bonds. The maximum atomic E-state index is 12.5. The molecule has 2 rings (SSSR count). The highest BCUT2D eigenvalue weighted by atomic mass is 16.4. The van der Waals surface area contributed by atoms with E-state index in [1.807, 2.05) is 61.5 Å². The molecule has 2 aromatic carbocycles. The normalized spacial score (nSPS) is 10.7. The van der Waals surface area contributed by atoms with Crippen LogP contribution in [0.5, 0.6) is 0 Å². The number of para-hydroxylation sites is 1. The van der Waals surface area contributed by atoms with Crippen LogP contribution >= 0.6 is 0 Å². The molecule has 0 bridgehead atoms. The van der Waals surface area contributed by atoms with Crippen molar-refractivity contribution in [3.05, 3.63) is 71.8 Å². The standard InChI is InChI=1S/C19H19NO3/c1-15-7-5-6-10-17(15)20(14-13-19(22)23)18(21)12-11-16-8-3-2-4-9-16/h2-12H,13-14H2,1H3,(H,22,23)/b12-11+. The van der Waals surface area contributed by atoms with Crippen molar-refractivity contribution in [2.45, 2.75) is 13.3 Å². The van der Waals surface area contributed by atoms with Gasteiger partial charge in [0.15, 0.2) is 0 Å². The Hall–Kier alpha value is -2.88. The summed E-state index contributed by atoms with van der Waals surface area (Å²) in [5.41, 5.74) is 2.58. The Kier molecular flexibility index (Phi) is 5.69. The van der Waals surface area contributed by atoms with Crippen LogP contribution in [0.2, 0.25) is 0 Å². The van der Waals surface area contributed by atoms with Gasteiger partial charge >= 0.3 is 5.97 Å². The number of amides is 1. The zero-order chi connectivity index (χ0) is 16.7. The number of carboxylic acid groups (broad SMARTS) is 1. The molecule has 0 aliphatic carbocycles. The highest BCUT2D eigenvalue weighted by molar-refractivity contribution is 6.04. The van der Waals surface area contributed by atoms with E-state index in [-0.39, 0.29) is 18.9 Å². The van der Waals surface area contributed by atoms with Gasteiger partial charge in [0, 0.05) is 18.3 Å². The van der Waals surface area contributed by atoms with E-state index in [9.17, 15) is 9.59 Å². The summed E-state index contributed by atoms with van der Waals surface area (Å²) >= 11 is 0. The van der Waals surface area contributed by atoms with Crippen LogP contribution in [0.3, 0.4) is 0 Å². The molecule has 0 saturated heterocycles. The molecule has 2 aromatic rings. The average molecular weight is 309 g/mol. The van der Waals surface area contributed by atoms with Gasteiger partial charge in [0.25, 0.3) is 5.91 Å². The quantitative estimate of drug-likeness (QED) is 0.831. The van der Waals surface area contributed by atoms with Crippen LogP contribution in [0, 0.1) is 6.92 Å². The number of carbonyl (C=O) groups excluding carboxylic acids is 1. The lowest BCUT2D eigenvalue weighted by Gasteiger charge is -2.22. The van der Waals surface area contributed by atoms with Gasteiger partial charge in [-0.15, -0.1) is 0 Å². The first kappa shape index (κ1) is 16.5. The zero-order valence-electron chi connectivity index (χ0n) is 13.0. The Balaban J connectivity index is 2.22. The number of benzene rings is 2. The Morgan fingerprint density at radius 2 is 1.70 bits per heavy atom. The van der Waals surface area contributed by atoms with Gasteiger partial charge in [-0.3, -0.25) is 9.59 Å². The fourth-order valence-corrected chi connectivity index (χ4v) is 2.24. The second kappa shape index (κ2) is 7.94. The number of anilines is 1. The summed E-state index contributed by atoms with van der Waals surface area (Å²) in [5, 5.41) is 8.91. The number of carboxylic acids is 1. The van der Waals surface area contributed by atoms with E-state index in [0.29, 0.717) is 0 Å². The number of nitrogens with zero attached hydrogens (tertiary/aromatic N) is 1. The molecule has 0 atom stereocenters. The number of rotatable bonds is 6. The highest BCUT2D eigenvalue weighted by Gasteiger charge is 2.16. The molecule has 0 unspecified atom stereocenters. The van der Waals surface area contributed by atoms with Gasteiger partial charge in [-0.1, -0.05) is 48.5 Å². The van der Waals surface area contributed by atoms with Crippen LogP contribution < -0.4 is 4.90 Å². The molecule has 118 valence electrons. The van der Waals surface area contributed by atoms with Crippen LogP contribution in [-0.4, -0.2) is 23.5 Å². The molecule has 4 nitrogen and oxygen atoms in total. The molecule has 0 aliphatic heterocycles. The third-order valence-corrected chi connectivity index (χ3v) is 3.44. The van der Waals surface area contributed by atoms with Gasteiger partial charge in [-0.2, -0.15) is 0 Å². The second-order valence-corrected chi connectivity index (χ2v) is 5.16. The SMILES string of the molecule is Cc1ccccc1N(CCC(=O)O)C(=O)/C=C/c1ccccc1. The highest BCUT2D eigenvalue weighted by Crippen LogP contribution is 2.20. The first-order chi connectivity index (χ1) is 11.1. The topological polar surface area (TPSA) is 57.6 Å². The molecule has 23 heavy (non-hydrogen) atoms. The Morgan fingerprint density at radius 1 is 1.04 bits per heavy atom. The fourth-order valence-electron chi connectivity index (χ4n) is 2.24. The summed E-state index contributed by atoms with van der Waals surface area (Å²) in [6.45, 7) is 2.04. The summed E-state index contributed by atoms with van der Waals surface area (Å²) in [5.74, 6) is -1.16. The van der Waals surface area contributed by atoms with Crippen LogP contribution in [0.1, 0.15) is 17.5 Å². The van der Waals surface area contributed by atoms with Crippen molar-refractivity contribution in [3.8, 4) is 0 Å². The van der Waals surface area contributed by atoms with E-state index < -0.39 is 5.97 Å². The van der Waals surface area contributed by atoms with Crippen molar-refractivity contribution in [2.24, 2.45) is 0 Å². The van der Waals surface area contributed by atoms with Crippen LogP contribution in [-0.2, 0) is 9.59 Å². The number of hydrogen-bond donors (Lipinski definition) is 1. The maximum Gasteiger partial charge on any atom is 0.305 e. The summed E-state index contributed by atoms with van der Waals surface area (Å²) in [7, 11) is 0. The van der Waals surface area contributed by atoms with Gasteiger partial charge in [-0.05, 0) is 30.2 Å². The van der Waals surface area contributed by atoms with Gasteiger partial charge in [0.1, 0.15) is 0 Å². The van der Waals surface area contributed by atoms with Gasteiger partial charge in [-0.25, -0.2) is 0 Å². The molecule has 0 heterocycles. The Morgan fingerprint density at radius 3 is 2.35 bits per heavy atom. The zero-order valence-corrected chi connectivity index (χ0v) is 13.0. The Labute approximate surface area is 135 Å². The third kappa shape index (κ3) is 4.81. The maximum absolute atomic E-state index is 12.5. The summed E-state index contributed by atoms with van der Waals surface area (Å²) in [6.07, 6.45) is 3.11. The Bertz CT molecular complexity index is 708. The van der Waals surface area contributed by atoms with Crippen molar-refractivity contribution in [2.75, 3.05) is 11.4 Å². The number of aryl methyl sites for hydroxylation is 1. The minimum absolute atomic E-state index is 0.0980. The molecule has 0 aliphatic rings. The van der Waals surface area contributed by atoms with Crippen LogP contribution in [0.15, 0.2) is 60.7 Å². The van der Waals surface area contributed by atoms with Crippen molar-refractivity contribution in [1.82, 2.24) is 0 Å². The first-order valence-electron chi connectivity index (χ1n) is 7.40. The van der Waals surface area contributed by atoms with Crippen LogP contribution in [0.4, 0.5) is 5.69 Å². The predicted octanol–water partition coefficient (Wildman–Crippen LogP) is 3.52. The van der Waals surface area contributed by atoms with Crippen LogP contribution in [0.25, 0.3) is 6.08 Å². The fraction of sp³-hybridized carbons (Fsp3) is 0.158. The largest absolute Gasteiger partial charge is 0.481 e. The lowest BCUT2D eigenvalue weighted by Crippen LogP contribution is -2.32. The van der Waals surface area contributed by atoms with E-state index in [0.717, 1.165) is 16.8 Å². The third-order valence-electron chi connectivity index (χ3n) is 3.44. The minimum atomic E-state index is -0.927. The molecule has 1 N–H and O–H groups in total. The summed E-state index contributed by atoms with van der Waals surface area (Å²) < 4.78 is 0. The van der Waals surface area contributed by atoms with E-state index in [2.05, 4.69) is 0 Å². The first-order valence-corrected chi connectivity index (χ1v) is 7.40. The molecular weight excluding hydrogens is 290 g/mol. The molecule has 0 aromatic heterocycles. The summed E-state index contributed by atoms with van der Waals surface area (Å²) in [6, 6.07) is 17.0. The molecule has 0 saturated carbocycles. The van der Waals surface area contributed by atoms with Crippen molar-refractivity contribution in [3.63, 3.8) is 0 Å². The number of carbonyl (C=O) groups is 2. The molecular formula is C19H19NO3. The number of hydrogen-bond acceptors (Lipinski definition) is 2. The monoisotopic (exact) mass is 309 g/mol. The van der Waals surface area contributed by atoms with E-state index in [4.69, 9.17) is 5.11 Å². The molecule has 0 fully saturated rings. The van der Waals surface area contributed by atoms with Crippen molar-refractivity contribution < 1.29 is 14.7 Å². The lowest BCUT2D eigenvalue weighted by molar-refractivity contribution is -0.136. The molecule has 0 radical (unpaired) electrons. The second-order valence-electron chi connectivity index (χ2n) is 5.16. The van der Waals surface area contributed by atoms with Crippen molar-refractivity contribution in [1.29, 1.82) is 0 Å². The predicted molar refractivity (Wildman–Crippen MR) is 91.3 cm³/mol. The van der Waals surface area contributed by atoms with E-state index >= 15 is 0 Å².